The lowest BCUT2D eigenvalue weighted by molar-refractivity contribution is -0.376. The summed E-state index contributed by atoms with van der Waals surface area (Å²) in [5.41, 5.74) is -7.50. The van der Waals surface area contributed by atoms with Gasteiger partial charge < -0.3 is 19.6 Å². The van der Waals surface area contributed by atoms with Crippen LogP contribution in [0, 0.1) is 3.57 Å². The molecule has 3 aromatic rings. The van der Waals surface area contributed by atoms with Gasteiger partial charge in [-0.2, -0.15) is 26.3 Å². The molecule has 220 valence electrons. The monoisotopic (exact) mass is 697 g/mol. The molecule has 1 fully saturated rings. The van der Waals surface area contributed by atoms with Gasteiger partial charge in [-0.15, -0.1) is 0 Å². The Hall–Kier alpha value is -3.34. The number of nitrogens with zero attached hydrogens (tertiary/aromatic N) is 2. The minimum Gasteiger partial charge on any atom is -0.466 e. The first-order chi connectivity index (χ1) is 19.0. The molecular formula is C26H22F6IN3O5. The molecule has 2 aromatic heterocycles. The molecule has 3 heterocycles. The third-order valence-corrected chi connectivity index (χ3v) is 7.53. The summed E-state index contributed by atoms with van der Waals surface area (Å²) >= 11 is 1.93. The van der Waals surface area contributed by atoms with Gasteiger partial charge in [0.05, 0.1) is 12.8 Å². The van der Waals surface area contributed by atoms with Crippen LogP contribution in [0.1, 0.15) is 42.7 Å². The van der Waals surface area contributed by atoms with E-state index in [2.05, 4.69) is 10.3 Å². The smallest absolute Gasteiger partial charge is 0.430 e. The quantitative estimate of drug-likeness (QED) is 0.163. The third-order valence-electron chi connectivity index (χ3n) is 6.56. The van der Waals surface area contributed by atoms with Crippen LogP contribution in [0.3, 0.4) is 0 Å². The third kappa shape index (κ3) is 5.48. The molecule has 2 N–H and O–H groups in total. The Morgan fingerprint density at radius 2 is 1.78 bits per heavy atom. The number of nitrogens with one attached hydrogen (secondary N) is 1. The first-order valence-corrected chi connectivity index (χ1v) is 13.1. The maximum atomic E-state index is 13.4. The standard InChI is InChI=1S/C26H22F6IN3O5/c1-3-5-14-10-16(24(39,25(27,28)29)26(30,31)32)7-8-18(14)41-20-11-15(17(33)12-34-20)13-36-21(37)23(2,35-22(36)38)19-6-4-9-40-19/h4,6-12,39H,3,5,13H2,1-2H3,(H,35,38). The molecule has 1 saturated heterocycles. The van der Waals surface area contributed by atoms with Crippen molar-refractivity contribution in [2.75, 3.05) is 0 Å². The average Bonchev–Trinajstić information content (AvgIpc) is 3.50. The summed E-state index contributed by atoms with van der Waals surface area (Å²) in [6.07, 6.45) is -8.96. The van der Waals surface area contributed by atoms with E-state index in [-0.39, 0.29) is 35.9 Å². The number of imide groups is 1. The Bertz CT molecular complexity index is 1450. The number of aliphatic hydroxyl groups is 1. The molecule has 8 nitrogen and oxygen atoms in total. The summed E-state index contributed by atoms with van der Waals surface area (Å²) in [6, 6.07) is 5.84. The largest absolute Gasteiger partial charge is 0.466 e. The molecule has 1 unspecified atom stereocenters. The molecule has 4 rings (SSSR count). The molecular weight excluding hydrogens is 675 g/mol. The molecule has 0 spiro atoms. The van der Waals surface area contributed by atoms with E-state index < -0.39 is 41.0 Å². The molecule has 15 heteroatoms. The lowest BCUT2D eigenvalue weighted by atomic mass is 9.90. The van der Waals surface area contributed by atoms with Gasteiger partial charge in [0.25, 0.3) is 11.5 Å². The number of urea groups is 1. The zero-order chi connectivity index (χ0) is 30.4. The van der Waals surface area contributed by atoms with Crippen molar-refractivity contribution >= 4 is 34.5 Å². The number of ether oxygens (including phenoxy) is 1. The van der Waals surface area contributed by atoms with Gasteiger partial charge in [-0.05, 0) is 71.3 Å². The van der Waals surface area contributed by atoms with Gasteiger partial charge in [0.15, 0.2) is 5.54 Å². The number of hydrogen-bond acceptors (Lipinski definition) is 6. The zero-order valence-corrected chi connectivity index (χ0v) is 23.5. The number of pyridine rings is 1. The highest BCUT2D eigenvalue weighted by Crippen LogP contribution is 2.50. The van der Waals surface area contributed by atoms with E-state index in [1.165, 1.54) is 25.5 Å². The van der Waals surface area contributed by atoms with Crippen molar-refractivity contribution in [2.24, 2.45) is 0 Å². The lowest BCUT2D eigenvalue weighted by Crippen LogP contribution is -2.53. The van der Waals surface area contributed by atoms with Crippen molar-refractivity contribution in [3.8, 4) is 11.6 Å². The Labute approximate surface area is 242 Å². The second kappa shape index (κ2) is 10.8. The number of aryl methyl sites for hydroxylation is 1. The fraction of sp³-hybridized carbons (Fsp3) is 0.346. The van der Waals surface area contributed by atoms with E-state index in [9.17, 15) is 41.0 Å². The predicted molar refractivity (Wildman–Crippen MR) is 139 cm³/mol. The van der Waals surface area contributed by atoms with Crippen LogP contribution in [0.15, 0.2) is 53.3 Å². The topological polar surface area (TPSA) is 105 Å². The van der Waals surface area contributed by atoms with E-state index >= 15 is 0 Å². The zero-order valence-electron chi connectivity index (χ0n) is 21.4. The van der Waals surface area contributed by atoms with E-state index in [0.717, 1.165) is 11.0 Å². The second-order valence-corrected chi connectivity index (χ2v) is 10.6. The van der Waals surface area contributed by atoms with E-state index in [0.29, 0.717) is 27.7 Å². The highest BCUT2D eigenvalue weighted by Gasteiger charge is 2.71. The first kappa shape index (κ1) is 30.6. The number of furan rings is 1. The molecule has 3 amide bonds. The SMILES string of the molecule is CCCc1cc(C(O)(C(F)(F)F)C(F)(F)F)ccc1Oc1cc(CN2C(=O)NC(C)(c3ccco3)C2=O)c(I)cn1. The summed E-state index contributed by atoms with van der Waals surface area (Å²) in [5, 5.41) is 12.4. The number of alkyl halides is 6. The van der Waals surface area contributed by atoms with Crippen LogP contribution in [0.4, 0.5) is 31.1 Å². The summed E-state index contributed by atoms with van der Waals surface area (Å²) in [7, 11) is 0. The van der Waals surface area contributed by atoms with Crippen LogP contribution in [-0.2, 0) is 28.9 Å². The van der Waals surface area contributed by atoms with E-state index in [1.54, 1.807) is 19.1 Å². The number of aromatic nitrogens is 1. The fourth-order valence-electron chi connectivity index (χ4n) is 4.35. The molecule has 1 aliphatic rings. The van der Waals surface area contributed by atoms with E-state index in [4.69, 9.17) is 9.15 Å². The Morgan fingerprint density at radius 3 is 2.37 bits per heavy atom. The van der Waals surface area contributed by atoms with Crippen molar-refractivity contribution in [2.45, 2.75) is 56.7 Å². The molecule has 41 heavy (non-hydrogen) atoms. The van der Waals surface area contributed by atoms with Gasteiger partial charge in [-0.25, -0.2) is 9.78 Å². The van der Waals surface area contributed by atoms with Crippen molar-refractivity contribution in [3.05, 3.63) is 74.9 Å². The first-order valence-electron chi connectivity index (χ1n) is 12.0. The average molecular weight is 697 g/mol. The Morgan fingerprint density at radius 1 is 1.10 bits per heavy atom. The maximum Gasteiger partial charge on any atom is 0.430 e. The maximum absolute atomic E-state index is 13.4. The Kier molecular flexibility index (Phi) is 8.07. The molecule has 0 radical (unpaired) electrons. The molecule has 1 aromatic carbocycles. The van der Waals surface area contributed by atoms with Crippen molar-refractivity contribution in [1.82, 2.24) is 15.2 Å². The van der Waals surface area contributed by atoms with E-state index in [1.807, 2.05) is 22.6 Å². The minimum atomic E-state index is -6.03. The predicted octanol–water partition coefficient (Wildman–Crippen LogP) is 6.30. The Balaban J connectivity index is 1.64. The van der Waals surface area contributed by atoms with Gasteiger partial charge in [-0.1, -0.05) is 19.4 Å². The number of hydrogen-bond donors (Lipinski definition) is 2. The normalized spacial score (nSPS) is 18.1. The van der Waals surface area contributed by atoms with Crippen LogP contribution in [0.2, 0.25) is 0 Å². The number of halogens is 7. The fourth-order valence-corrected chi connectivity index (χ4v) is 4.81. The summed E-state index contributed by atoms with van der Waals surface area (Å²) in [4.78, 5) is 30.9. The highest BCUT2D eigenvalue weighted by molar-refractivity contribution is 14.1. The highest BCUT2D eigenvalue weighted by atomic mass is 127. The molecule has 0 aliphatic carbocycles. The molecule has 1 aliphatic heterocycles. The number of carbonyl (C=O) groups excluding carboxylic acids is 2. The number of benzene rings is 1. The van der Waals surface area contributed by atoms with Crippen molar-refractivity contribution in [1.29, 1.82) is 0 Å². The molecule has 1 atom stereocenters. The number of carbonyl (C=O) groups is 2. The lowest BCUT2D eigenvalue weighted by Gasteiger charge is -2.33. The van der Waals surface area contributed by atoms with Crippen LogP contribution < -0.4 is 10.1 Å². The van der Waals surface area contributed by atoms with Gasteiger partial charge in [0.1, 0.15) is 11.5 Å². The van der Waals surface area contributed by atoms with Crippen molar-refractivity contribution in [3.63, 3.8) is 0 Å². The summed E-state index contributed by atoms with van der Waals surface area (Å²) in [5.74, 6) is -0.507. The minimum absolute atomic E-state index is 0.0258. The summed E-state index contributed by atoms with van der Waals surface area (Å²) < 4.78 is 92.1. The van der Waals surface area contributed by atoms with Crippen LogP contribution in [0.25, 0.3) is 0 Å². The van der Waals surface area contributed by atoms with Crippen LogP contribution in [0.5, 0.6) is 11.6 Å². The summed E-state index contributed by atoms with van der Waals surface area (Å²) in [6.45, 7) is 2.96. The molecule has 0 saturated carbocycles. The van der Waals surface area contributed by atoms with Gasteiger partial charge >= 0.3 is 18.4 Å². The van der Waals surface area contributed by atoms with Crippen LogP contribution >= 0.6 is 22.6 Å². The van der Waals surface area contributed by atoms with Crippen LogP contribution in [-0.4, -0.2) is 39.3 Å². The van der Waals surface area contributed by atoms with Gasteiger partial charge in [0.2, 0.25) is 5.88 Å². The number of amides is 3. The second-order valence-electron chi connectivity index (χ2n) is 9.42. The molecule has 0 bridgehead atoms. The number of rotatable bonds is 8. The van der Waals surface area contributed by atoms with Gasteiger partial charge in [0, 0.05) is 21.4 Å². The van der Waals surface area contributed by atoms with Gasteiger partial charge in [-0.3, -0.25) is 9.69 Å². The van der Waals surface area contributed by atoms with Crippen molar-refractivity contribution < 1.29 is 50.2 Å².